The maximum Gasteiger partial charge on any atom is 0.410 e. The summed E-state index contributed by atoms with van der Waals surface area (Å²) in [7, 11) is -5.98. The molecule has 0 spiro atoms. The zero-order chi connectivity index (χ0) is 33.2. The maximum absolute atomic E-state index is 13.6. The summed E-state index contributed by atoms with van der Waals surface area (Å²) in [6.07, 6.45) is 3.87. The molecule has 0 fully saturated rings. The van der Waals surface area contributed by atoms with Crippen molar-refractivity contribution in [1.29, 1.82) is 0 Å². The number of hydrogen-bond donors (Lipinski definition) is 1. The Bertz CT molecular complexity index is 1600. The zero-order valence-electron chi connectivity index (χ0n) is 27.7. The van der Waals surface area contributed by atoms with E-state index in [0.717, 1.165) is 34.4 Å². The average molecular weight is 654 g/mol. The van der Waals surface area contributed by atoms with E-state index < -0.39 is 36.1 Å². The van der Waals surface area contributed by atoms with Crippen LogP contribution < -0.4 is 9.88 Å². The number of carbonyl (C=O) groups is 1. The van der Waals surface area contributed by atoms with Crippen LogP contribution in [0.2, 0.25) is 18.1 Å². The highest BCUT2D eigenvalue weighted by Crippen LogP contribution is 2.40. The summed E-state index contributed by atoms with van der Waals surface area (Å²) < 4.78 is 42.7. The Labute approximate surface area is 269 Å². The summed E-state index contributed by atoms with van der Waals surface area (Å²) in [5.41, 5.74) is 3.03. The number of primary sulfonamides is 1. The van der Waals surface area contributed by atoms with Crippen LogP contribution in [0.15, 0.2) is 71.9 Å². The van der Waals surface area contributed by atoms with E-state index in [1.165, 1.54) is 6.07 Å². The minimum absolute atomic E-state index is 0.0144. The average Bonchev–Trinajstić information content (AvgIpc) is 2.96. The molecule has 2 atom stereocenters. The fraction of sp³-hybridized carbons (Fsp3) is 0.471. The van der Waals surface area contributed by atoms with E-state index in [2.05, 4.69) is 38.8 Å². The van der Waals surface area contributed by atoms with Gasteiger partial charge < -0.3 is 13.9 Å². The molecule has 0 saturated heterocycles. The van der Waals surface area contributed by atoms with Gasteiger partial charge in [0.05, 0.1) is 11.4 Å². The van der Waals surface area contributed by atoms with Crippen LogP contribution in [0, 0.1) is 0 Å². The summed E-state index contributed by atoms with van der Waals surface area (Å²) >= 11 is 0. The van der Waals surface area contributed by atoms with E-state index >= 15 is 0 Å². The minimum atomic E-state index is -3.80. The van der Waals surface area contributed by atoms with Gasteiger partial charge in [-0.25, -0.2) is 18.4 Å². The van der Waals surface area contributed by atoms with Crippen molar-refractivity contribution in [3.8, 4) is 16.9 Å². The molecule has 4 rings (SSSR count). The van der Waals surface area contributed by atoms with Crippen LogP contribution in [0.25, 0.3) is 11.1 Å². The van der Waals surface area contributed by atoms with E-state index in [9.17, 15) is 13.2 Å². The molecule has 1 aromatic heterocycles. The van der Waals surface area contributed by atoms with Gasteiger partial charge in [0.25, 0.3) is 0 Å². The lowest BCUT2D eigenvalue weighted by molar-refractivity contribution is 0.0169. The lowest BCUT2D eigenvalue weighted by atomic mass is 9.96. The van der Waals surface area contributed by atoms with Crippen LogP contribution in [0.3, 0.4) is 0 Å². The SMILES string of the molecule is CC(C)(C)N(C[C@@H]1CCc2cc(-c3cccc(S(N)(=O)=O)c3)ccc2O1)C(=O)OC[C@H](O[Si](C)(C)C(C)(C)C)c1cccnc1. The second kappa shape index (κ2) is 13.2. The van der Waals surface area contributed by atoms with Crippen molar-refractivity contribution in [2.45, 2.75) is 95.2 Å². The number of nitrogens with two attached hydrogens (primary N) is 1. The molecule has 11 heteroatoms. The number of fused-ring (bicyclic) bond motifs is 1. The van der Waals surface area contributed by atoms with Crippen molar-refractivity contribution in [2.24, 2.45) is 5.14 Å². The molecule has 1 amide bonds. The third kappa shape index (κ3) is 8.72. The van der Waals surface area contributed by atoms with E-state index in [1.54, 1.807) is 29.4 Å². The monoisotopic (exact) mass is 653 g/mol. The number of aryl methyl sites for hydroxylation is 1. The number of benzene rings is 2. The van der Waals surface area contributed by atoms with Gasteiger partial charge >= 0.3 is 6.09 Å². The van der Waals surface area contributed by atoms with E-state index in [0.29, 0.717) is 13.0 Å². The second-order valence-corrected chi connectivity index (χ2v) is 20.5. The highest BCUT2D eigenvalue weighted by atomic mass is 32.2. The molecule has 1 aliphatic heterocycles. The standard InChI is InChI=1S/C34H47N3O6SSi/c1-33(2,3)37(32(38)41-23-31(27-12-10-18-36-21-27)43-45(7,8)34(4,5)6)22-28-16-14-26-19-25(15-17-30(26)42-28)24-11-9-13-29(20-24)44(35,39)40/h9-13,15,17-21,28,31H,14,16,22-23H2,1-8H3,(H2,35,39,40)/t28-,31-/m0/s1. The highest BCUT2D eigenvalue weighted by Gasteiger charge is 2.40. The minimum Gasteiger partial charge on any atom is -0.488 e. The van der Waals surface area contributed by atoms with E-state index in [4.69, 9.17) is 19.0 Å². The van der Waals surface area contributed by atoms with Gasteiger partial charge in [-0.3, -0.25) is 9.88 Å². The van der Waals surface area contributed by atoms with Gasteiger partial charge in [0.2, 0.25) is 10.0 Å². The summed E-state index contributed by atoms with van der Waals surface area (Å²) in [5, 5.41) is 5.31. The molecule has 0 saturated carbocycles. The molecule has 0 radical (unpaired) electrons. The Balaban J connectivity index is 1.46. The fourth-order valence-electron chi connectivity index (χ4n) is 4.95. The Hall–Kier alpha value is -3.25. The molecule has 2 aromatic carbocycles. The van der Waals surface area contributed by atoms with Crippen molar-refractivity contribution in [3.05, 3.63) is 78.1 Å². The Kier molecular flexibility index (Phi) is 10.2. The lowest BCUT2D eigenvalue weighted by Crippen LogP contribution is -2.51. The predicted molar refractivity (Wildman–Crippen MR) is 179 cm³/mol. The summed E-state index contributed by atoms with van der Waals surface area (Å²) in [6, 6.07) is 16.2. The number of ether oxygens (including phenoxy) is 2. The van der Waals surface area contributed by atoms with Crippen molar-refractivity contribution in [1.82, 2.24) is 9.88 Å². The van der Waals surface area contributed by atoms with Crippen LogP contribution in [-0.4, -0.2) is 57.5 Å². The lowest BCUT2D eigenvalue weighted by Gasteiger charge is -2.40. The zero-order valence-corrected chi connectivity index (χ0v) is 29.5. The molecule has 2 heterocycles. The number of nitrogens with zero attached hydrogens (tertiary/aromatic N) is 2. The first kappa shape index (κ1) is 34.6. The third-order valence-electron chi connectivity index (χ3n) is 8.66. The number of carbonyl (C=O) groups excluding carboxylic acids is 1. The molecular weight excluding hydrogens is 607 g/mol. The molecule has 3 aromatic rings. The summed E-state index contributed by atoms with van der Waals surface area (Å²) in [4.78, 5) is 19.7. The number of aromatic nitrogens is 1. The topological polar surface area (TPSA) is 121 Å². The van der Waals surface area contributed by atoms with E-state index in [1.807, 2.05) is 57.2 Å². The van der Waals surface area contributed by atoms with Crippen molar-refractivity contribution in [3.63, 3.8) is 0 Å². The van der Waals surface area contributed by atoms with E-state index in [-0.39, 0.29) is 22.6 Å². The molecule has 1 aliphatic rings. The van der Waals surface area contributed by atoms with Crippen LogP contribution in [0.5, 0.6) is 5.75 Å². The number of pyridine rings is 1. The number of sulfonamides is 1. The van der Waals surface area contributed by atoms with Crippen LogP contribution in [0.1, 0.15) is 65.2 Å². The van der Waals surface area contributed by atoms with Gasteiger partial charge in [0.1, 0.15) is 24.6 Å². The molecule has 2 N–H and O–H groups in total. The van der Waals surface area contributed by atoms with Gasteiger partial charge in [-0.2, -0.15) is 0 Å². The normalized spacial score (nSPS) is 16.3. The van der Waals surface area contributed by atoms with Gasteiger partial charge in [-0.05, 0) is 98.8 Å². The first-order valence-corrected chi connectivity index (χ1v) is 19.8. The summed E-state index contributed by atoms with van der Waals surface area (Å²) in [6.45, 7) is 17.3. The first-order valence-electron chi connectivity index (χ1n) is 15.3. The predicted octanol–water partition coefficient (Wildman–Crippen LogP) is 7.09. The fourth-order valence-corrected chi connectivity index (χ4v) is 6.78. The quantitative estimate of drug-likeness (QED) is 0.245. The van der Waals surface area contributed by atoms with Crippen molar-refractivity contribution < 1.29 is 27.1 Å². The van der Waals surface area contributed by atoms with Crippen molar-refractivity contribution in [2.75, 3.05) is 13.2 Å². The highest BCUT2D eigenvalue weighted by molar-refractivity contribution is 7.89. The molecule has 9 nitrogen and oxygen atoms in total. The van der Waals surface area contributed by atoms with Gasteiger partial charge in [-0.15, -0.1) is 0 Å². The van der Waals surface area contributed by atoms with Gasteiger partial charge in [0.15, 0.2) is 8.32 Å². The smallest absolute Gasteiger partial charge is 0.410 e. The third-order valence-corrected chi connectivity index (χ3v) is 14.1. The molecule has 244 valence electrons. The molecular formula is C34H47N3O6SSi. The number of rotatable bonds is 9. The van der Waals surface area contributed by atoms with Crippen LogP contribution in [0.4, 0.5) is 4.79 Å². The van der Waals surface area contributed by atoms with Gasteiger partial charge in [0, 0.05) is 23.5 Å². The number of hydrogen-bond acceptors (Lipinski definition) is 7. The molecule has 45 heavy (non-hydrogen) atoms. The van der Waals surface area contributed by atoms with Crippen LogP contribution >= 0.6 is 0 Å². The Morgan fingerprint density at radius 1 is 1.07 bits per heavy atom. The molecule has 0 aliphatic carbocycles. The maximum atomic E-state index is 13.6. The largest absolute Gasteiger partial charge is 0.488 e. The first-order chi connectivity index (χ1) is 20.8. The number of amides is 1. The second-order valence-electron chi connectivity index (χ2n) is 14.2. The molecule has 0 bridgehead atoms. The Morgan fingerprint density at radius 3 is 2.40 bits per heavy atom. The summed E-state index contributed by atoms with van der Waals surface area (Å²) in [5.74, 6) is 0.749. The van der Waals surface area contributed by atoms with Crippen molar-refractivity contribution >= 4 is 24.4 Å². The Morgan fingerprint density at radius 2 is 1.78 bits per heavy atom. The molecule has 0 unspecified atom stereocenters. The van der Waals surface area contributed by atoms with Gasteiger partial charge in [-0.1, -0.05) is 45.0 Å². The van der Waals surface area contributed by atoms with Crippen LogP contribution in [-0.2, 0) is 25.6 Å².